The van der Waals surface area contributed by atoms with Crippen LogP contribution in [0.15, 0.2) is 24.3 Å². The van der Waals surface area contributed by atoms with Crippen LogP contribution >= 0.6 is 0 Å². The first kappa shape index (κ1) is 17.2. The quantitative estimate of drug-likeness (QED) is 0.372. The molecule has 1 aromatic carbocycles. The van der Waals surface area contributed by atoms with Gasteiger partial charge in [0.25, 0.3) is 0 Å². The average molecular weight is 292 g/mol. The van der Waals surface area contributed by atoms with E-state index in [1.807, 2.05) is 24.3 Å². The monoisotopic (exact) mass is 292 g/mol. The van der Waals surface area contributed by atoms with Gasteiger partial charge in [-0.3, -0.25) is 14.8 Å². The Balaban J connectivity index is 2.15. The summed E-state index contributed by atoms with van der Waals surface area (Å²) in [5, 5.41) is 11.2. The van der Waals surface area contributed by atoms with Gasteiger partial charge in [0, 0.05) is 18.5 Å². The molecule has 0 aliphatic heterocycles. The minimum atomic E-state index is -0.358. The van der Waals surface area contributed by atoms with Crippen LogP contribution in [0.3, 0.4) is 0 Å². The zero-order valence-corrected chi connectivity index (χ0v) is 12.5. The zero-order valence-electron chi connectivity index (χ0n) is 12.5. The largest absolute Gasteiger partial charge is 0.326 e. The highest BCUT2D eigenvalue weighted by Gasteiger charge is 2.03. The number of carbonyl (C=O) groups is 2. The topological polar surface area (TPSA) is 78.4 Å². The van der Waals surface area contributed by atoms with E-state index < -0.39 is 0 Å². The first-order valence-corrected chi connectivity index (χ1v) is 7.47. The Kier molecular flexibility index (Phi) is 8.12. The standard InChI is InChI=1S/C16H24N2O3/c1-2-13-8-7-9-14(12-13)17-15(19)10-5-3-4-6-11-16(20)18-21/h7-9,12,21H,2-6,10-11H2,1H3,(H,17,19)(H,18,20). The fourth-order valence-corrected chi connectivity index (χ4v) is 2.07. The van der Waals surface area contributed by atoms with E-state index in [4.69, 9.17) is 5.21 Å². The number of aryl methyl sites for hydroxylation is 1. The zero-order chi connectivity index (χ0) is 15.5. The first-order valence-electron chi connectivity index (χ1n) is 7.47. The number of hydroxylamine groups is 1. The Morgan fingerprint density at radius 2 is 1.71 bits per heavy atom. The second-order valence-electron chi connectivity index (χ2n) is 5.05. The van der Waals surface area contributed by atoms with Crippen LogP contribution in [0.2, 0.25) is 0 Å². The lowest BCUT2D eigenvalue weighted by atomic mass is 10.1. The molecule has 0 bridgehead atoms. The molecule has 0 saturated carbocycles. The minimum Gasteiger partial charge on any atom is -0.326 e. The van der Waals surface area contributed by atoms with Gasteiger partial charge in [-0.2, -0.15) is 0 Å². The summed E-state index contributed by atoms with van der Waals surface area (Å²) in [4.78, 5) is 22.6. The fourth-order valence-electron chi connectivity index (χ4n) is 2.07. The summed E-state index contributed by atoms with van der Waals surface area (Å²) < 4.78 is 0. The lowest BCUT2D eigenvalue weighted by Gasteiger charge is -2.06. The van der Waals surface area contributed by atoms with E-state index >= 15 is 0 Å². The molecule has 0 atom stereocenters. The van der Waals surface area contributed by atoms with Crippen LogP contribution in [0, 0.1) is 0 Å². The SMILES string of the molecule is CCc1cccc(NC(=O)CCCCCCC(=O)NO)c1. The molecular weight excluding hydrogens is 268 g/mol. The van der Waals surface area contributed by atoms with Crippen LogP contribution in [0.4, 0.5) is 5.69 Å². The maximum absolute atomic E-state index is 11.8. The first-order chi connectivity index (χ1) is 10.2. The van der Waals surface area contributed by atoms with Crippen LogP contribution in [-0.4, -0.2) is 17.0 Å². The van der Waals surface area contributed by atoms with Crippen molar-refractivity contribution in [2.24, 2.45) is 0 Å². The third-order valence-corrected chi connectivity index (χ3v) is 3.30. The van der Waals surface area contributed by atoms with E-state index in [0.29, 0.717) is 12.8 Å². The third-order valence-electron chi connectivity index (χ3n) is 3.30. The van der Waals surface area contributed by atoms with Gasteiger partial charge in [-0.05, 0) is 37.0 Å². The van der Waals surface area contributed by atoms with Gasteiger partial charge in [-0.15, -0.1) is 0 Å². The number of hydrogen-bond acceptors (Lipinski definition) is 3. The van der Waals surface area contributed by atoms with Gasteiger partial charge in [0.1, 0.15) is 0 Å². The molecule has 0 fully saturated rings. The Morgan fingerprint density at radius 1 is 1.05 bits per heavy atom. The van der Waals surface area contributed by atoms with Crippen molar-refractivity contribution >= 4 is 17.5 Å². The molecule has 0 aromatic heterocycles. The van der Waals surface area contributed by atoms with E-state index in [-0.39, 0.29) is 11.8 Å². The Hall–Kier alpha value is -1.88. The molecule has 5 heteroatoms. The summed E-state index contributed by atoms with van der Waals surface area (Å²) in [6.45, 7) is 2.08. The molecule has 0 spiro atoms. The van der Waals surface area contributed by atoms with Crippen molar-refractivity contribution in [3.8, 4) is 0 Å². The molecule has 2 amide bonds. The van der Waals surface area contributed by atoms with Crippen LogP contribution in [0.5, 0.6) is 0 Å². The second-order valence-corrected chi connectivity index (χ2v) is 5.05. The molecule has 0 radical (unpaired) electrons. The lowest BCUT2D eigenvalue weighted by Crippen LogP contribution is -2.17. The number of anilines is 1. The highest BCUT2D eigenvalue weighted by Crippen LogP contribution is 2.12. The van der Waals surface area contributed by atoms with Crippen molar-refractivity contribution in [1.82, 2.24) is 5.48 Å². The summed E-state index contributed by atoms with van der Waals surface area (Å²) >= 11 is 0. The Bertz CT molecular complexity index is 461. The van der Waals surface area contributed by atoms with Gasteiger partial charge in [-0.1, -0.05) is 31.9 Å². The van der Waals surface area contributed by atoms with Crippen molar-refractivity contribution in [2.75, 3.05) is 5.32 Å². The van der Waals surface area contributed by atoms with Crippen LogP contribution in [-0.2, 0) is 16.0 Å². The molecule has 3 N–H and O–H groups in total. The molecule has 1 rings (SSSR count). The van der Waals surface area contributed by atoms with Gasteiger partial charge >= 0.3 is 0 Å². The second kappa shape index (κ2) is 9.94. The molecular formula is C16H24N2O3. The molecule has 0 aliphatic carbocycles. The van der Waals surface area contributed by atoms with E-state index in [9.17, 15) is 9.59 Å². The predicted octanol–water partition coefficient (Wildman–Crippen LogP) is 3.03. The minimum absolute atomic E-state index is 0.0244. The summed E-state index contributed by atoms with van der Waals surface area (Å²) in [7, 11) is 0. The average Bonchev–Trinajstić information content (AvgIpc) is 2.50. The molecule has 1 aromatic rings. The molecule has 0 aliphatic rings. The van der Waals surface area contributed by atoms with Crippen molar-refractivity contribution < 1.29 is 14.8 Å². The van der Waals surface area contributed by atoms with Crippen LogP contribution in [0.25, 0.3) is 0 Å². The number of carbonyl (C=O) groups excluding carboxylic acids is 2. The predicted molar refractivity (Wildman–Crippen MR) is 82.1 cm³/mol. The maximum Gasteiger partial charge on any atom is 0.243 e. The lowest BCUT2D eigenvalue weighted by molar-refractivity contribution is -0.129. The van der Waals surface area contributed by atoms with Gasteiger partial charge in [0.05, 0.1) is 0 Å². The molecule has 0 unspecified atom stereocenters. The van der Waals surface area contributed by atoms with E-state index in [1.54, 1.807) is 5.48 Å². The number of nitrogens with one attached hydrogen (secondary N) is 2. The Labute approximate surface area is 125 Å². The van der Waals surface area contributed by atoms with Gasteiger partial charge < -0.3 is 5.32 Å². The van der Waals surface area contributed by atoms with E-state index in [1.165, 1.54) is 5.56 Å². The van der Waals surface area contributed by atoms with Crippen molar-refractivity contribution in [2.45, 2.75) is 51.9 Å². The summed E-state index contributed by atoms with van der Waals surface area (Å²) in [6, 6.07) is 7.87. The molecule has 21 heavy (non-hydrogen) atoms. The molecule has 0 heterocycles. The van der Waals surface area contributed by atoms with Gasteiger partial charge in [-0.25, -0.2) is 5.48 Å². The number of benzene rings is 1. The van der Waals surface area contributed by atoms with Crippen molar-refractivity contribution in [3.63, 3.8) is 0 Å². The smallest absolute Gasteiger partial charge is 0.243 e. The normalized spacial score (nSPS) is 10.2. The number of unbranched alkanes of at least 4 members (excludes halogenated alkanes) is 3. The highest BCUT2D eigenvalue weighted by molar-refractivity contribution is 5.90. The molecule has 0 saturated heterocycles. The van der Waals surface area contributed by atoms with Gasteiger partial charge in [0.2, 0.25) is 11.8 Å². The van der Waals surface area contributed by atoms with E-state index in [2.05, 4.69) is 12.2 Å². The van der Waals surface area contributed by atoms with E-state index in [0.717, 1.165) is 37.8 Å². The Morgan fingerprint density at radius 3 is 2.33 bits per heavy atom. The molecule has 5 nitrogen and oxygen atoms in total. The van der Waals surface area contributed by atoms with Crippen LogP contribution in [0.1, 0.15) is 51.0 Å². The van der Waals surface area contributed by atoms with Gasteiger partial charge in [0.15, 0.2) is 0 Å². The summed E-state index contributed by atoms with van der Waals surface area (Å²) in [5.74, 6) is -0.333. The fraction of sp³-hybridized carbons (Fsp3) is 0.500. The van der Waals surface area contributed by atoms with Crippen molar-refractivity contribution in [3.05, 3.63) is 29.8 Å². The summed E-state index contributed by atoms with van der Waals surface area (Å²) in [5.41, 5.74) is 3.66. The highest BCUT2D eigenvalue weighted by atomic mass is 16.5. The van der Waals surface area contributed by atoms with Crippen LogP contribution < -0.4 is 10.8 Å². The number of amides is 2. The molecule has 116 valence electrons. The maximum atomic E-state index is 11.8. The third kappa shape index (κ3) is 7.46. The number of rotatable bonds is 9. The number of hydrogen-bond donors (Lipinski definition) is 3. The summed E-state index contributed by atoms with van der Waals surface area (Å²) in [6.07, 6.45) is 5.08. The van der Waals surface area contributed by atoms with Crippen molar-refractivity contribution in [1.29, 1.82) is 0 Å².